The number of rotatable bonds is 2. The number of aromatic nitrogens is 1. The topological polar surface area (TPSA) is 70.0 Å². The molecular formula is C12H8N2O2. The number of phenols is 1. The summed E-state index contributed by atoms with van der Waals surface area (Å²) in [7, 11) is 0. The van der Waals surface area contributed by atoms with Crippen molar-refractivity contribution in [1.82, 2.24) is 5.16 Å². The van der Waals surface area contributed by atoms with Gasteiger partial charge in [-0.05, 0) is 23.8 Å². The van der Waals surface area contributed by atoms with E-state index in [1.807, 2.05) is 6.07 Å². The smallest absolute Gasteiger partial charge is 0.170 e. The maximum absolute atomic E-state index is 9.66. The second-order valence-electron chi connectivity index (χ2n) is 3.12. The zero-order chi connectivity index (χ0) is 11.4. The van der Waals surface area contributed by atoms with Crippen LogP contribution in [-0.4, -0.2) is 10.3 Å². The van der Waals surface area contributed by atoms with Crippen LogP contribution in [0.4, 0.5) is 0 Å². The van der Waals surface area contributed by atoms with Gasteiger partial charge in [-0.3, -0.25) is 0 Å². The molecule has 0 bridgehead atoms. The van der Waals surface area contributed by atoms with Gasteiger partial charge < -0.3 is 9.63 Å². The minimum atomic E-state index is 0.117. The van der Waals surface area contributed by atoms with Crippen molar-refractivity contribution in [1.29, 1.82) is 5.26 Å². The number of hydrogen-bond donors (Lipinski definition) is 1. The van der Waals surface area contributed by atoms with E-state index in [1.165, 1.54) is 12.3 Å². The molecule has 1 heterocycles. The van der Waals surface area contributed by atoms with Gasteiger partial charge >= 0.3 is 0 Å². The Kier molecular flexibility index (Phi) is 2.70. The summed E-state index contributed by atoms with van der Waals surface area (Å²) in [6.45, 7) is 0. The van der Waals surface area contributed by atoms with Crippen LogP contribution in [0.25, 0.3) is 17.4 Å². The molecule has 0 saturated heterocycles. The number of aromatic hydroxyl groups is 1. The summed E-state index contributed by atoms with van der Waals surface area (Å²) in [5, 5.41) is 21.7. The molecule has 0 fully saturated rings. The zero-order valence-electron chi connectivity index (χ0n) is 8.29. The summed E-state index contributed by atoms with van der Waals surface area (Å²) < 4.78 is 4.96. The van der Waals surface area contributed by atoms with Crippen molar-refractivity contribution < 1.29 is 9.63 Å². The average Bonchev–Trinajstić information content (AvgIpc) is 2.81. The Balaban J connectivity index is 2.46. The first-order chi connectivity index (χ1) is 7.81. The number of nitrogens with zero attached hydrogens (tertiary/aromatic N) is 2. The normalized spacial score (nSPS) is 10.4. The first kappa shape index (κ1) is 9.99. The van der Waals surface area contributed by atoms with Gasteiger partial charge in [0.25, 0.3) is 0 Å². The van der Waals surface area contributed by atoms with E-state index in [-0.39, 0.29) is 5.75 Å². The first-order valence-electron chi connectivity index (χ1n) is 4.61. The molecule has 0 atom stereocenters. The minimum absolute atomic E-state index is 0.117. The van der Waals surface area contributed by atoms with Gasteiger partial charge in [0, 0.05) is 12.1 Å². The standard InChI is InChI=1S/C12H8N2O2/c13-6-1-2-9-3-4-11(15)10(8-9)12-5-7-14-16-12/h1-5,7-8,15H. The lowest BCUT2D eigenvalue weighted by Gasteiger charge is -2.01. The van der Waals surface area contributed by atoms with E-state index in [0.29, 0.717) is 11.3 Å². The number of benzene rings is 1. The SMILES string of the molecule is N#CC=Cc1ccc(O)c(-c2ccno2)c1. The molecular weight excluding hydrogens is 204 g/mol. The Labute approximate surface area is 92.0 Å². The van der Waals surface area contributed by atoms with Crippen LogP contribution in [0.3, 0.4) is 0 Å². The predicted molar refractivity (Wildman–Crippen MR) is 58.3 cm³/mol. The Morgan fingerprint density at radius 3 is 2.94 bits per heavy atom. The van der Waals surface area contributed by atoms with Crippen molar-refractivity contribution in [3.05, 3.63) is 42.1 Å². The second kappa shape index (κ2) is 4.32. The molecule has 78 valence electrons. The van der Waals surface area contributed by atoms with Crippen molar-refractivity contribution in [3.8, 4) is 23.1 Å². The molecule has 2 rings (SSSR count). The van der Waals surface area contributed by atoms with Crippen LogP contribution < -0.4 is 0 Å². The van der Waals surface area contributed by atoms with Crippen LogP contribution in [0.2, 0.25) is 0 Å². The molecule has 2 aromatic rings. The maximum atomic E-state index is 9.66. The van der Waals surface area contributed by atoms with Gasteiger partial charge in [-0.1, -0.05) is 11.2 Å². The van der Waals surface area contributed by atoms with E-state index in [2.05, 4.69) is 5.16 Å². The van der Waals surface area contributed by atoms with Gasteiger partial charge in [-0.15, -0.1) is 0 Å². The molecule has 0 radical (unpaired) electrons. The van der Waals surface area contributed by atoms with Crippen LogP contribution in [0.15, 0.2) is 41.1 Å². The molecule has 4 nitrogen and oxygen atoms in total. The average molecular weight is 212 g/mol. The first-order valence-corrected chi connectivity index (χ1v) is 4.61. The van der Waals surface area contributed by atoms with Crippen LogP contribution in [0, 0.1) is 11.3 Å². The van der Waals surface area contributed by atoms with E-state index < -0.39 is 0 Å². The van der Waals surface area contributed by atoms with E-state index in [0.717, 1.165) is 5.56 Å². The molecule has 1 aromatic heterocycles. The molecule has 1 aromatic carbocycles. The van der Waals surface area contributed by atoms with Crippen molar-refractivity contribution in [2.45, 2.75) is 0 Å². The molecule has 0 aliphatic heterocycles. The Bertz CT molecular complexity index is 551. The quantitative estimate of drug-likeness (QED) is 0.776. The van der Waals surface area contributed by atoms with Gasteiger partial charge in [-0.2, -0.15) is 5.26 Å². The largest absolute Gasteiger partial charge is 0.507 e. The second-order valence-corrected chi connectivity index (χ2v) is 3.12. The highest BCUT2D eigenvalue weighted by molar-refractivity contribution is 5.69. The molecule has 4 heteroatoms. The lowest BCUT2D eigenvalue weighted by molar-refractivity contribution is 0.426. The van der Waals surface area contributed by atoms with Crippen LogP contribution >= 0.6 is 0 Å². The van der Waals surface area contributed by atoms with Crippen molar-refractivity contribution in [3.63, 3.8) is 0 Å². The molecule has 0 amide bonds. The number of hydrogen-bond acceptors (Lipinski definition) is 4. The third-order valence-electron chi connectivity index (χ3n) is 2.07. The van der Waals surface area contributed by atoms with E-state index in [9.17, 15) is 5.11 Å². The number of phenolic OH excluding ortho intramolecular Hbond substituents is 1. The molecule has 0 saturated carbocycles. The van der Waals surface area contributed by atoms with Gasteiger partial charge in [0.1, 0.15) is 5.75 Å². The predicted octanol–water partition coefficient (Wildman–Crippen LogP) is 2.58. The summed E-state index contributed by atoms with van der Waals surface area (Å²) in [4.78, 5) is 0. The van der Waals surface area contributed by atoms with Gasteiger partial charge in [-0.25, -0.2) is 0 Å². The maximum Gasteiger partial charge on any atom is 0.170 e. The summed E-state index contributed by atoms with van der Waals surface area (Å²) in [6, 6.07) is 8.55. The van der Waals surface area contributed by atoms with Crippen molar-refractivity contribution in [2.24, 2.45) is 0 Å². The molecule has 0 unspecified atom stereocenters. The Morgan fingerprint density at radius 1 is 1.38 bits per heavy atom. The fraction of sp³-hybridized carbons (Fsp3) is 0. The fourth-order valence-corrected chi connectivity index (χ4v) is 1.34. The van der Waals surface area contributed by atoms with E-state index in [1.54, 1.807) is 30.3 Å². The highest BCUT2D eigenvalue weighted by Crippen LogP contribution is 2.29. The third kappa shape index (κ3) is 1.93. The summed E-state index contributed by atoms with van der Waals surface area (Å²) in [6.07, 6.45) is 4.53. The fourth-order valence-electron chi connectivity index (χ4n) is 1.34. The lowest BCUT2D eigenvalue weighted by Crippen LogP contribution is -1.79. The number of nitriles is 1. The van der Waals surface area contributed by atoms with Gasteiger partial charge in [0.15, 0.2) is 5.76 Å². The van der Waals surface area contributed by atoms with Crippen molar-refractivity contribution in [2.75, 3.05) is 0 Å². The van der Waals surface area contributed by atoms with Crippen LogP contribution in [0.1, 0.15) is 5.56 Å². The summed E-state index contributed by atoms with van der Waals surface area (Å²) >= 11 is 0. The summed E-state index contributed by atoms with van der Waals surface area (Å²) in [5.41, 5.74) is 1.36. The Morgan fingerprint density at radius 2 is 2.25 bits per heavy atom. The Hall–Kier alpha value is -2.54. The number of allylic oxidation sites excluding steroid dienone is 1. The lowest BCUT2D eigenvalue weighted by atomic mass is 10.1. The van der Waals surface area contributed by atoms with E-state index in [4.69, 9.17) is 9.78 Å². The third-order valence-corrected chi connectivity index (χ3v) is 2.07. The molecule has 0 spiro atoms. The molecule has 0 aliphatic carbocycles. The zero-order valence-corrected chi connectivity index (χ0v) is 8.29. The van der Waals surface area contributed by atoms with Gasteiger partial charge in [0.05, 0.1) is 17.8 Å². The highest BCUT2D eigenvalue weighted by Gasteiger charge is 2.07. The van der Waals surface area contributed by atoms with Crippen molar-refractivity contribution >= 4 is 6.08 Å². The molecule has 0 aliphatic rings. The summed E-state index contributed by atoms with van der Waals surface area (Å²) in [5.74, 6) is 0.607. The molecule has 16 heavy (non-hydrogen) atoms. The van der Waals surface area contributed by atoms with Crippen LogP contribution in [-0.2, 0) is 0 Å². The minimum Gasteiger partial charge on any atom is -0.507 e. The van der Waals surface area contributed by atoms with Gasteiger partial charge in [0.2, 0.25) is 0 Å². The van der Waals surface area contributed by atoms with Crippen LogP contribution in [0.5, 0.6) is 5.75 Å². The van der Waals surface area contributed by atoms with E-state index >= 15 is 0 Å². The monoisotopic (exact) mass is 212 g/mol. The highest BCUT2D eigenvalue weighted by atomic mass is 16.5. The molecule has 1 N–H and O–H groups in total.